The highest BCUT2D eigenvalue weighted by molar-refractivity contribution is 9.10. The Labute approximate surface area is 129 Å². The Balaban J connectivity index is 2.46. The van der Waals surface area contributed by atoms with Crippen molar-refractivity contribution in [1.29, 1.82) is 0 Å². The summed E-state index contributed by atoms with van der Waals surface area (Å²) in [7, 11) is 0. The second-order valence-corrected chi connectivity index (χ2v) is 5.34. The lowest BCUT2D eigenvalue weighted by Gasteiger charge is -2.22. The molecule has 0 aliphatic rings. The van der Waals surface area contributed by atoms with E-state index in [-0.39, 0.29) is 6.04 Å². The molecule has 0 radical (unpaired) electrons. The van der Waals surface area contributed by atoms with E-state index in [2.05, 4.69) is 58.5 Å². The number of ether oxygens (including phenoxy) is 1. The number of rotatable bonds is 6. The normalized spacial score (nSPS) is 12.2. The first kappa shape index (κ1) is 15.1. The maximum absolute atomic E-state index is 5.77. The average Bonchev–Trinajstić information content (AvgIpc) is 2.47. The Kier molecular flexibility index (Phi) is 5.62. The van der Waals surface area contributed by atoms with Gasteiger partial charge >= 0.3 is 0 Å². The van der Waals surface area contributed by atoms with E-state index in [0.717, 1.165) is 16.8 Å². The molecule has 0 fully saturated rings. The van der Waals surface area contributed by atoms with Gasteiger partial charge in [0.25, 0.3) is 0 Å². The summed E-state index contributed by atoms with van der Waals surface area (Å²) in [6, 6.07) is 16.6. The van der Waals surface area contributed by atoms with Crippen molar-refractivity contribution in [3.63, 3.8) is 0 Å². The SMILES string of the molecule is CCNC(c1ccccc1Br)c1ccccc1OCC. The van der Waals surface area contributed by atoms with Gasteiger partial charge in [0.15, 0.2) is 0 Å². The Hall–Kier alpha value is -1.32. The summed E-state index contributed by atoms with van der Waals surface area (Å²) in [5.41, 5.74) is 2.39. The molecule has 2 rings (SSSR count). The fraction of sp³-hybridized carbons (Fsp3) is 0.294. The van der Waals surface area contributed by atoms with Crippen LogP contribution in [0.15, 0.2) is 53.0 Å². The average molecular weight is 334 g/mol. The van der Waals surface area contributed by atoms with Gasteiger partial charge in [-0.3, -0.25) is 0 Å². The maximum atomic E-state index is 5.77. The number of nitrogens with one attached hydrogen (secondary N) is 1. The molecule has 0 aliphatic carbocycles. The van der Waals surface area contributed by atoms with Crippen molar-refractivity contribution in [1.82, 2.24) is 5.32 Å². The first-order valence-corrected chi connectivity index (χ1v) is 7.76. The number of halogens is 1. The number of hydrogen-bond acceptors (Lipinski definition) is 2. The van der Waals surface area contributed by atoms with E-state index >= 15 is 0 Å². The summed E-state index contributed by atoms with van der Waals surface area (Å²) in [5.74, 6) is 0.941. The Bertz CT molecular complexity index is 556. The standard InChI is InChI=1S/C17H20BrNO/c1-3-19-17(13-9-5-7-11-15(13)18)14-10-6-8-12-16(14)20-4-2/h5-12,17,19H,3-4H2,1-2H3. The molecular formula is C17H20BrNO. The zero-order valence-corrected chi connectivity index (χ0v) is 13.5. The molecule has 20 heavy (non-hydrogen) atoms. The lowest BCUT2D eigenvalue weighted by atomic mass is 9.98. The number of benzene rings is 2. The summed E-state index contributed by atoms with van der Waals surface area (Å²) in [6.07, 6.45) is 0. The molecule has 3 heteroatoms. The third-order valence-electron chi connectivity index (χ3n) is 3.15. The molecular weight excluding hydrogens is 314 g/mol. The molecule has 0 bridgehead atoms. The number of para-hydroxylation sites is 1. The van der Waals surface area contributed by atoms with Crippen molar-refractivity contribution in [2.75, 3.05) is 13.2 Å². The Morgan fingerprint density at radius 2 is 1.65 bits per heavy atom. The van der Waals surface area contributed by atoms with Crippen molar-refractivity contribution in [3.05, 3.63) is 64.1 Å². The van der Waals surface area contributed by atoms with Gasteiger partial charge in [0.05, 0.1) is 12.6 Å². The molecule has 0 aromatic heterocycles. The van der Waals surface area contributed by atoms with Crippen molar-refractivity contribution < 1.29 is 4.74 Å². The van der Waals surface area contributed by atoms with E-state index in [1.165, 1.54) is 11.1 Å². The van der Waals surface area contributed by atoms with Crippen molar-refractivity contribution in [3.8, 4) is 5.75 Å². The summed E-state index contributed by atoms with van der Waals surface area (Å²) in [4.78, 5) is 0. The van der Waals surface area contributed by atoms with E-state index in [1.54, 1.807) is 0 Å². The quantitative estimate of drug-likeness (QED) is 0.837. The van der Waals surface area contributed by atoms with Crippen LogP contribution in [0.1, 0.15) is 31.0 Å². The molecule has 1 unspecified atom stereocenters. The van der Waals surface area contributed by atoms with Crippen LogP contribution in [0.4, 0.5) is 0 Å². The molecule has 0 aliphatic heterocycles. The van der Waals surface area contributed by atoms with Crippen LogP contribution in [0.5, 0.6) is 5.75 Å². The second-order valence-electron chi connectivity index (χ2n) is 4.48. The molecule has 0 spiro atoms. The summed E-state index contributed by atoms with van der Waals surface area (Å²) in [6.45, 7) is 5.70. The van der Waals surface area contributed by atoms with Crippen LogP contribution < -0.4 is 10.1 Å². The molecule has 2 aromatic rings. The van der Waals surface area contributed by atoms with Gasteiger partial charge in [-0.1, -0.05) is 59.3 Å². The van der Waals surface area contributed by atoms with Gasteiger partial charge in [0.2, 0.25) is 0 Å². The van der Waals surface area contributed by atoms with Crippen LogP contribution >= 0.6 is 15.9 Å². The molecule has 0 saturated carbocycles. The predicted octanol–water partition coefficient (Wildman–Crippen LogP) is 4.55. The maximum Gasteiger partial charge on any atom is 0.124 e. The number of hydrogen-bond donors (Lipinski definition) is 1. The zero-order valence-electron chi connectivity index (χ0n) is 11.9. The van der Waals surface area contributed by atoms with Gasteiger partial charge in [-0.05, 0) is 31.2 Å². The highest BCUT2D eigenvalue weighted by Gasteiger charge is 2.19. The molecule has 106 valence electrons. The topological polar surface area (TPSA) is 21.3 Å². The van der Waals surface area contributed by atoms with Crippen molar-refractivity contribution in [2.45, 2.75) is 19.9 Å². The van der Waals surface area contributed by atoms with Gasteiger partial charge in [-0.2, -0.15) is 0 Å². The van der Waals surface area contributed by atoms with Crippen LogP contribution in [0.25, 0.3) is 0 Å². The Morgan fingerprint density at radius 1 is 1.00 bits per heavy atom. The molecule has 0 saturated heterocycles. The predicted molar refractivity (Wildman–Crippen MR) is 87.3 cm³/mol. The van der Waals surface area contributed by atoms with Crippen molar-refractivity contribution in [2.24, 2.45) is 0 Å². The minimum atomic E-state index is 0.123. The zero-order chi connectivity index (χ0) is 14.4. The van der Waals surface area contributed by atoms with Crippen LogP contribution in [0.3, 0.4) is 0 Å². The van der Waals surface area contributed by atoms with Crippen LogP contribution in [0.2, 0.25) is 0 Å². The molecule has 0 amide bonds. The van der Waals surface area contributed by atoms with E-state index in [1.807, 2.05) is 25.1 Å². The van der Waals surface area contributed by atoms with E-state index in [4.69, 9.17) is 4.74 Å². The smallest absolute Gasteiger partial charge is 0.124 e. The van der Waals surface area contributed by atoms with Gasteiger partial charge in [0, 0.05) is 10.0 Å². The fourth-order valence-corrected chi connectivity index (χ4v) is 2.82. The molecule has 2 nitrogen and oxygen atoms in total. The summed E-state index contributed by atoms with van der Waals surface area (Å²) >= 11 is 3.65. The molecule has 2 aromatic carbocycles. The first-order chi connectivity index (χ1) is 9.77. The van der Waals surface area contributed by atoms with E-state index < -0.39 is 0 Å². The molecule has 1 N–H and O–H groups in total. The fourth-order valence-electron chi connectivity index (χ4n) is 2.31. The van der Waals surface area contributed by atoms with Gasteiger partial charge < -0.3 is 10.1 Å². The lowest BCUT2D eigenvalue weighted by Crippen LogP contribution is -2.23. The van der Waals surface area contributed by atoms with Gasteiger partial charge in [0.1, 0.15) is 5.75 Å². The lowest BCUT2D eigenvalue weighted by molar-refractivity contribution is 0.333. The largest absolute Gasteiger partial charge is 0.494 e. The first-order valence-electron chi connectivity index (χ1n) is 6.97. The third-order valence-corrected chi connectivity index (χ3v) is 3.88. The highest BCUT2D eigenvalue weighted by Crippen LogP contribution is 2.33. The third kappa shape index (κ3) is 3.41. The highest BCUT2D eigenvalue weighted by atomic mass is 79.9. The minimum absolute atomic E-state index is 0.123. The minimum Gasteiger partial charge on any atom is -0.494 e. The van der Waals surface area contributed by atoms with E-state index in [0.29, 0.717) is 6.61 Å². The van der Waals surface area contributed by atoms with Crippen LogP contribution in [0, 0.1) is 0 Å². The van der Waals surface area contributed by atoms with Gasteiger partial charge in [-0.15, -0.1) is 0 Å². The molecule has 0 heterocycles. The Morgan fingerprint density at radius 3 is 2.30 bits per heavy atom. The van der Waals surface area contributed by atoms with Gasteiger partial charge in [-0.25, -0.2) is 0 Å². The van der Waals surface area contributed by atoms with Crippen LogP contribution in [-0.2, 0) is 0 Å². The summed E-state index contributed by atoms with van der Waals surface area (Å²) in [5, 5.41) is 3.54. The second kappa shape index (κ2) is 7.46. The monoisotopic (exact) mass is 333 g/mol. The van der Waals surface area contributed by atoms with Crippen molar-refractivity contribution >= 4 is 15.9 Å². The van der Waals surface area contributed by atoms with E-state index in [9.17, 15) is 0 Å². The van der Waals surface area contributed by atoms with Crippen LogP contribution in [-0.4, -0.2) is 13.2 Å². The summed E-state index contributed by atoms with van der Waals surface area (Å²) < 4.78 is 6.88. The molecule has 1 atom stereocenters.